The number of para-hydroxylation sites is 1. The number of aryl methyl sites for hydroxylation is 2. The van der Waals surface area contributed by atoms with E-state index in [1.54, 1.807) is 12.1 Å². The van der Waals surface area contributed by atoms with Crippen molar-refractivity contribution in [2.75, 3.05) is 5.32 Å². The molecule has 0 atom stereocenters. The molecule has 31 heavy (non-hydrogen) atoms. The number of halogens is 1. The van der Waals surface area contributed by atoms with Crippen molar-refractivity contribution in [3.63, 3.8) is 0 Å². The summed E-state index contributed by atoms with van der Waals surface area (Å²) in [6.07, 6.45) is 2.94. The molecule has 0 unspecified atom stereocenters. The molecule has 0 fully saturated rings. The first-order valence-electron chi connectivity index (χ1n) is 10.3. The van der Waals surface area contributed by atoms with Crippen molar-refractivity contribution in [3.05, 3.63) is 70.5 Å². The minimum Gasteiger partial charge on any atom is -0.354 e. The van der Waals surface area contributed by atoms with Crippen LogP contribution in [0.4, 0.5) is 9.52 Å². The number of carbonyl (C=O) groups excluding carboxylic acids is 2. The van der Waals surface area contributed by atoms with Gasteiger partial charge >= 0.3 is 0 Å². The molecule has 0 saturated carbocycles. The Morgan fingerprint density at radius 3 is 2.74 bits per heavy atom. The zero-order valence-corrected chi connectivity index (χ0v) is 17.5. The zero-order valence-electron chi connectivity index (χ0n) is 16.7. The number of hydrogen-bond donors (Lipinski definition) is 2. The lowest BCUT2D eigenvalue weighted by Crippen LogP contribution is -2.12. The standard InChI is InChI=1S/C24H20FN3O2S/c25-15-10-8-14(9-11-15)22-17(16-4-1-2-5-18(16)26-22)12-13-21(30)28-24-27-19-6-3-7-20(29)23(19)31-24/h1-2,4-5,8-11,26H,3,6-7,12-13H2,(H,27,28,30). The molecule has 0 bridgehead atoms. The molecule has 4 aromatic rings. The smallest absolute Gasteiger partial charge is 0.226 e. The van der Waals surface area contributed by atoms with Crippen LogP contribution in [0.2, 0.25) is 0 Å². The molecule has 1 aliphatic carbocycles. The summed E-state index contributed by atoms with van der Waals surface area (Å²) in [6.45, 7) is 0. The van der Waals surface area contributed by atoms with E-state index >= 15 is 0 Å². The van der Waals surface area contributed by atoms with Gasteiger partial charge in [0.15, 0.2) is 10.9 Å². The van der Waals surface area contributed by atoms with Gasteiger partial charge in [-0.2, -0.15) is 0 Å². The van der Waals surface area contributed by atoms with Crippen LogP contribution in [0.15, 0.2) is 48.5 Å². The number of rotatable bonds is 5. The molecule has 5 rings (SSSR count). The molecule has 7 heteroatoms. The second-order valence-electron chi connectivity index (χ2n) is 7.65. The van der Waals surface area contributed by atoms with Gasteiger partial charge in [0, 0.05) is 29.4 Å². The third-order valence-corrected chi connectivity index (χ3v) is 6.62. The largest absolute Gasteiger partial charge is 0.354 e. The lowest BCUT2D eigenvalue weighted by atomic mass is 10.0. The van der Waals surface area contributed by atoms with Crippen molar-refractivity contribution in [2.24, 2.45) is 0 Å². The Kier molecular flexibility index (Phi) is 5.11. The number of thiazole rings is 1. The molecule has 2 aromatic heterocycles. The number of aromatic amines is 1. The normalized spacial score (nSPS) is 13.4. The van der Waals surface area contributed by atoms with Crippen molar-refractivity contribution < 1.29 is 14.0 Å². The summed E-state index contributed by atoms with van der Waals surface area (Å²) >= 11 is 1.26. The maximum Gasteiger partial charge on any atom is 0.226 e. The van der Waals surface area contributed by atoms with Crippen LogP contribution in [0.25, 0.3) is 22.2 Å². The fourth-order valence-electron chi connectivity index (χ4n) is 4.07. The minimum atomic E-state index is -0.287. The Labute approximate surface area is 182 Å². The number of nitrogens with one attached hydrogen (secondary N) is 2. The van der Waals surface area contributed by atoms with Crippen LogP contribution in [0.5, 0.6) is 0 Å². The first-order valence-corrected chi connectivity index (χ1v) is 11.1. The van der Waals surface area contributed by atoms with Gasteiger partial charge in [-0.15, -0.1) is 0 Å². The molecule has 156 valence electrons. The molecule has 0 spiro atoms. The van der Waals surface area contributed by atoms with E-state index in [4.69, 9.17) is 0 Å². The number of carbonyl (C=O) groups is 2. The Bertz CT molecular complexity index is 1290. The van der Waals surface area contributed by atoms with Gasteiger partial charge in [-0.1, -0.05) is 29.5 Å². The summed E-state index contributed by atoms with van der Waals surface area (Å²) in [4.78, 5) is 33.2. The number of amides is 1. The van der Waals surface area contributed by atoms with E-state index in [0.29, 0.717) is 22.9 Å². The molecule has 2 aromatic carbocycles. The Morgan fingerprint density at radius 2 is 1.94 bits per heavy atom. The van der Waals surface area contributed by atoms with Crippen LogP contribution in [-0.4, -0.2) is 21.7 Å². The van der Waals surface area contributed by atoms with Crippen LogP contribution in [0.3, 0.4) is 0 Å². The number of hydrogen-bond acceptors (Lipinski definition) is 4. The van der Waals surface area contributed by atoms with E-state index in [9.17, 15) is 14.0 Å². The van der Waals surface area contributed by atoms with Gasteiger partial charge in [0.05, 0.1) is 10.6 Å². The molecule has 1 amide bonds. The van der Waals surface area contributed by atoms with Gasteiger partial charge < -0.3 is 10.3 Å². The maximum atomic E-state index is 13.4. The Balaban J connectivity index is 1.37. The van der Waals surface area contributed by atoms with E-state index in [0.717, 1.165) is 46.3 Å². The van der Waals surface area contributed by atoms with E-state index < -0.39 is 0 Å². The number of nitrogens with zero attached hydrogens (tertiary/aromatic N) is 1. The van der Waals surface area contributed by atoms with Crippen LogP contribution in [-0.2, 0) is 17.6 Å². The van der Waals surface area contributed by atoms with Crippen LogP contribution >= 0.6 is 11.3 Å². The number of aromatic nitrogens is 2. The molecule has 2 N–H and O–H groups in total. The van der Waals surface area contributed by atoms with Crippen molar-refractivity contribution >= 4 is 39.1 Å². The lowest BCUT2D eigenvalue weighted by molar-refractivity contribution is -0.116. The average molecular weight is 434 g/mol. The number of Topliss-reactive ketones (excluding diaryl/α,β-unsaturated/α-hetero) is 1. The second-order valence-corrected chi connectivity index (χ2v) is 8.65. The highest BCUT2D eigenvalue weighted by Gasteiger charge is 2.23. The topological polar surface area (TPSA) is 74.8 Å². The molecular formula is C24H20FN3O2S. The van der Waals surface area contributed by atoms with Gasteiger partial charge in [-0.3, -0.25) is 9.59 Å². The maximum absolute atomic E-state index is 13.4. The Hall–Kier alpha value is -3.32. The summed E-state index contributed by atoms with van der Waals surface area (Å²) in [7, 11) is 0. The molecule has 5 nitrogen and oxygen atoms in total. The van der Waals surface area contributed by atoms with Crippen LogP contribution in [0, 0.1) is 5.82 Å². The minimum absolute atomic E-state index is 0.113. The van der Waals surface area contributed by atoms with Gasteiger partial charge in [0.25, 0.3) is 0 Å². The van der Waals surface area contributed by atoms with Gasteiger partial charge in [0.1, 0.15) is 5.82 Å². The summed E-state index contributed by atoms with van der Waals surface area (Å²) in [5, 5.41) is 4.39. The second kappa shape index (κ2) is 8.07. The fourth-order valence-corrected chi connectivity index (χ4v) is 5.06. The molecule has 0 radical (unpaired) electrons. The summed E-state index contributed by atoms with van der Waals surface area (Å²) in [5.74, 6) is -0.318. The SMILES string of the molecule is O=C(CCc1c(-c2ccc(F)cc2)[nH]c2ccccc12)Nc1nc2c(s1)C(=O)CCC2. The van der Waals surface area contributed by atoms with E-state index in [2.05, 4.69) is 15.3 Å². The number of fused-ring (bicyclic) bond motifs is 2. The lowest BCUT2D eigenvalue weighted by Gasteiger charge is -2.06. The van der Waals surface area contributed by atoms with E-state index in [1.807, 2.05) is 24.3 Å². The molecule has 2 heterocycles. The van der Waals surface area contributed by atoms with Crippen LogP contribution in [0.1, 0.15) is 40.2 Å². The highest BCUT2D eigenvalue weighted by atomic mass is 32.1. The molecule has 0 aliphatic heterocycles. The van der Waals surface area contributed by atoms with Gasteiger partial charge in [-0.25, -0.2) is 9.37 Å². The summed E-state index contributed by atoms with van der Waals surface area (Å²) < 4.78 is 13.4. The zero-order chi connectivity index (χ0) is 21.4. The molecule has 0 saturated heterocycles. The van der Waals surface area contributed by atoms with Gasteiger partial charge in [-0.05, 0) is 60.7 Å². The van der Waals surface area contributed by atoms with Crippen LogP contribution < -0.4 is 5.32 Å². The molecular weight excluding hydrogens is 413 g/mol. The van der Waals surface area contributed by atoms with Crippen molar-refractivity contribution in [3.8, 4) is 11.3 Å². The van der Waals surface area contributed by atoms with Crippen molar-refractivity contribution in [1.82, 2.24) is 9.97 Å². The monoisotopic (exact) mass is 433 g/mol. The Morgan fingerprint density at radius 1 is 1.13 bits per heavy atom. The predicted octanol–water partition coefficient (Wildman–Crippen LogP) is 5.52. The molecule has 1 aliphatic rings. The summed E-state index contributed by atoms with van der Waals surface area (Å²) in [5.41, 5.74) is 4.56. The van der Waals surface area contributed by atoms with E-state index in [-0.39, 0.29) is 23.9 Å². The average Bonchev–Trinajstić information content (AvgIpc) is 3.34. The number of benzene rings is 2. The quantitative estimate of drug-likeness (QED) is 0.435. The fraction of sp³-hybridized carbons (Fsp3) is 0.208. The van der Waals surface area contributed by atoms with Gasteiger partial charge in [0.2, 0.25) is 5.91 Å². The highest BCUT2D eigenvalue weighted by Crippen LogP contribution is 2.32. The number of ketones is 1. The van der Waals surface area contributed by atoms with Crippen molar-refractivity contribution in [2.45, 2.75) is 32.1 Å². The number of H-pyrrole nitrogens is 1. The highest BCUT2D eigenvalue weighted by molar-refractivity contribution is 7.17. The van der Waals surface area contributed by atoms with Crippen molar-refractivity contribution in [1.29, 1.82) is 0 Å². The third-order valence-electron chi connectivity index (χ3n) is 5.56. The first-order chi connectivity index (χ1) is 15.1. The number of anilines is 1. The van der Waals surface area contributed by atoms with E-state index in [1.165, 1.54) is 23.5 Å². The predicted molar refractivity (Wildman–Crippen MR) is 120 cm³/mol. The summed E-state index contributed by atoms with van der Waals surface area (Å²) in [6, 6.07) is 14.3. The first kappa shape index (κ1) is 19.6. The third kappa shape index (κ3) is 3.88.